The lowest BCUT2D eigenvalue weighted by Gasteiger charge is -2.21. The third-order valence-electron chi connectivity index (χ3n) is 2.82. The van der Waals surface area contributed by atoms with Gasteiger partial charge < -0.3 is 21.5 Å². The van der Waals surface area contributed by atoms with Crippen molar-refractivity contribution in [3.05, 3.63) is 0 Å². The average molecular weight is 243 g/mol. The van der Waals surface area contributed by atoms with E-state index in [1.54, 1.807) is 13.8 Å². The van der Waals surface area contributed by atoms with E-state index in [9.17, 15) is 14.7 Å². The number of aliphatic hydroxyl groups is 1. The van der Waals surface area contributed by atoms with Gasteiger partial charge in [-0.15, -0.1) is 0 Å². The molecule has 1 fully saturated rings. The van der Waals surface area contributed by atoms with Gasteiger partial charge in [-0.1, -0.05) is 0 Å². The predicted octanol–water partition coefficient (Wildman–Crippen LogP) is -1.27. The summed E-state index contributed by atoms with van der Waals surface area (Å²) >= 11 is 0. The number of amides is 2. The van der Waals surface area contributed by atoms with Crippen molar-refractivity contribution in [2.24, 2.45) is 11.7 Å². The summed E-state index contributed by atoms with van der Waals surface area (Å²) in [6.45, 7) is 4.26. The molecule has 0 radical (unpaired) electrons. The van der Waals surface area contributed by atoms with E-state index in [-0.39, 0.29) is 17.9 Å². The molecule has 1 aliphatic rings. The zero-order chi connectivity index (χ0) is 13.0. The van der Waals surface area contributed by atoms with E-state index in [4.69, 9.17) is 5.73 Å². The Morgan fingerprint density at radius 1 is 1.65 bits per heavy atom. The van der Waals surface area contributed by atoms with E-state index in [2.05, 4.69) is 10.6 Å². The number of nitrogens with two attached hydrogens (primary N) is 1. The normalized spacial score (nSPS) is 23.4. The highest BCUT2D eigenvalue weighted by atomic mass is 16.3. The van der Waals surface area contributed by atoms with Crippen LogP contribution in [-0.2, 0) is 9.59 Å². The summed E-state index contributed by atoms with van der Waals surface area (Å²) in [6.07, 6.45) is -0.213. The van der Waals surface area contributed by atoms with Gasteiger partial charge in [0.25, 0.3) is 5.91 Å². The molecule has 0 aromatic heterocycles. The molecular weight excluding hydrogens is 222 g/mol. The standard InChI is InChI=1S/C11H21N3O3/c1-6(2)14-11(17)9(15)8(12)5-7-3-4-13-10(7)16/h6-9,15H,3-5,12H2,1-2H3,(H,13,16)(H,14,17)/t7-,8?,9?/m0/s1. The molecule has 6 heteroatoms. The molecule has 2 unspecified atom stereocenters. The highest BCUT2D eigenvalue weighted by Crippen LogP contribution is 2.16. The van der Waals surface area contributed by atoms with Crippen molar-refractivity contribution in [3.63, 3.8) is 0 Å². The maximum atomic E-state index is 11.5. The molecule has 3 atom stereocenters. The summed E-state index contributed by atoms with van der Waals surface area (Å²) in [5.74, 6) is -0.714. The van der Waals surface area contributed by atoms with Crippen molar-refractivity contribution in [1.29, 1.82) is 0 Å². The molecule has 0 aromatic rings. The van der Waals surface area contributed by atoms with Gasteiger partial charge in [0.05, 0.1) is 0 Å². The fraction of sp³-hybridized carbons (Fsp3) is 0.818. The van der Waals surface area contributed by atoms with Crippen LogP contribution in [0.25, 0.3) is 0 Å². The summed E-state index contributed by atoms with van der Waals surface area (Å²) in [5, 5.41) is 15.0. The molecule has 2 amide bonds. The SMILES string of the molecule is CC(C)NC(=O)C(O)C(N)C[C@@H]1CCNC1=O. The van der Waals surface area contributed by atoms with Crippen molar-refractivity contribution < 1.29 is 14.7 Å². The molecule has 0 bridgehead atoms. The number of hydrogen-bond acceptors (Lipinski definition) is 4. The molecule has 0 spiro atoms. The Labute approximate surface area is 101 Å². The summed E-state index contributed by atoms with van der Waals surface area (Å²) < 4.78 is 0. The first-order chi connectivity index (χ1) is 7.91. The topological polar surface area (TPSA) is 104 Å². The van der Waals surface area contributed by atoms with Crippen LogP contribution in [0.4, 0.5) is 0 Å². The quantitative estimate of drug-likeness (QED) is 0.483. The van der Waals surface area contributed by atoms with Crippen molar-refractivity contribution in [1.82, 2.24) is 10.6 Å². The van der Waals surface area contributed by atoms with Gasteiger partial charge in [0, 0.05) is 24.5 Å². The Bertz CT molecular complexity index is 294. The molecule has 1 rings (SSSR count). The zero-order valence-electron chi connectivity index (χ0n) is 10.3. The molecule has 6 nitrogen and oxygen atoms in total. The molecule has 0 saturated carbocycles. The van der Waals surface area contributed by atoms with Gasteiger partial charge in [0.2, 0.25) is 5.91 Å². The van der Waals surface area contributed by atoms with Crippen LogP contribution in [-0.4, -0.2) is 41.7 Å². The number of nitrogens with one attached hydrogen (secondary N) is 2. The van der Waals surface area contributed by atoms with Gasteiger partial charge in [-0.05, 0) is 26.7 Å². The molecule has 0 aromatic carbocycles. The summed E-state index contributed by atoms with van der Waals surface area (Å²) in [6, 6.07) is -0.748. The van der Waals surface area contributed by atoms with Crippen LogP contribution in [0.3, 0.4) is 0 Å². The Morgan fingerprint density at radius 2 is 2.29 bits per heavy atom. The zero-order valence-corrected chi connectivity index (χ0v) is 10.3. The molecule has 1 heterocycles. The van der Waals surface area contributed by atoms with Crippen LogP contribution in [0.15, 0.2) is 0 Å². The summed E-state index contributed by atoms with van der Waals surface area (Å²) in [4.78, 5) is 22.8. The Hall–Kier alpha value is -1.14. The second-order valence-electron chi connectivity index (χ2n) is 4.78. The first-order valence-electron chi connectivity index (χ1n) is 5.93. The van der Waals surface area contributed by atoms with Gasteiger partial charge in [0.15, 0.2) is 0 Å². The monoisotopic (exact) mass is 243 g/mol. The van der Waals surface area contributed by atoms with Gasteiger partial charge in [0.1, 0.15) is 6.10 Å². The number of rotatable bonds is 5. The van der Waals surface area contributed by atoms with Gasteiger partial charge in [-0.2, -0.15) is 0 Å². The molecule has 98 valence electrons. The highest BCUT2D eigenvalue weighted by molar-refractivity contribution is 5.82. The Balaban J connectivity index is 2.43. The number of carbonyl (C=O) groups excluding carboxylic acids is 2. The smallest absolute Gasteiger partial charge is 0.250 e. The molecule has 5 N–H and O–H groups in total. The number of aliphatic hydroxyl groups excluding tert-OH is 1. The third-order valence-corrected chi connectivity index (χ3v) is 2.82. The Morgan fingerprint density at radius 3 is 2.76 bits per heavy atom. The molecule has 0 aliphatic carbocycles. The van der Waals surface area contributed by atoms with E-state index >= 15 is 0 Å². The van der Waals surface area contributed by atoms with Crippen LogP contribution in [0.1, 0.15) is 26.7 Å². The van der Waals surface area contributed by atoms with Crippen molar-refractivity contribution >= 4 is 11.8 Å². The minimum absolute atomic E-state index is 0.0425. The molecule has 1 saturated heterocycles. The largest absolute Gasteiger partial charge is 0.382 e. The summed E-state index contributed by atoms with van der Waals surface area (Å²) in [5.41, 5.74) is 5.75. The van der Waals surface area contributed by atoms with Crippen LogP contribution in [0.5, 0.6) is 0 Å². The minimum atomic E-state index is -1.26. The van der Waals surface area contributed by atoms with Crippen molar-refractivity contribution in [2.45, 2.75) is 44.9 Å². The predicted molar refractivity (Wildman–Crippen MR) is 63.0 cm³/mol. The number of hydrogen-bond donors (Lipinski definition) is 4. The Kier molecular flexibility index (Phi) is 4.89. The van der Waals surface area contributed by atoms with Gasteiger partial charge >= 0.3 is 0 Å². The van der Waals surface area contributed by atoms with Gasteiger partial charge in [-0.3, -0.25) is 9.59 Å². The molecule has 17 heavy (non-hydrogen) atoms. The molecule has 1 aliphatic heterocycles. The van der Waals surface area contributed by atoms with E-state index in [0.717, 1.165) is 0 Å². The first kappa shape index (κ1) is 13.9. The fourth-order valence-corrected chi connectivity index (χ4v) is 1.89. The molecular formula is C11H21N3O3. The highest BCUT2D eigenvalue weighted by Gasteiger charge is 2.31. The first-order valence-corrected chi connectivity index (χ1v) is 5.93. The second-order valence-corrected chi connectivity index (χ2v) is 4.78. The van der Waals surface area contributed by atoms with E-state index in [0.29, 0.717) is 19.4 Å². The van der Waals surface area contributed by atoms with Crippen molar-refractivity contribution in [3.8, 4) is 0 Å². The average Bonchev–Trinajstić information content (AvgIpc) is 2.62. The van der Waals surface area contributed by atoms with Gasteiger partial charge in [-0.25, -0.2) is 0 Å². The van der Waals surface area contributed by atoms with Crippen molar-refractivity contribution in [2.75, 3.05) is 6.54 Å². The lowest BCUT2D eigenvalue weighted by Crippen LogP contribution is -2.49. The second kappa shape index (κ2) is 5.97. The van der Waals surface area contributed by atoms with E-state index < -0.39 is 18.1 Å². The lowest BCUT2D eigenvalue weighted by atomic mass is 9.95. The minimum Gasteiger partial charge on any atom is -0.382 e. The van der Waals surface area contributed by atoms with Crippen LogP contribution in [0.2, 0.25) is 0 Å². The number of carbonyl (C=O) groups is 2. The van der Waals surface area contributed by atoms with Crippen LogP contribution >= 0.6 is 0 Å². The van der Waals surface area contributed by atoms with Crippen LogP contribution in [0, 0.1) is 5.92 Å². The van der Waals surface area contributed by atoms with E-state index in [1.165, 1.54) is 0 Å². The third kappa shape index (κ3) is 3.98. The summed E-state index contributed by atoms with van der Waals surface area (Å²) in [7, 11) is 0. The maximum Gasteiger partial charge on any atom is 0.250 e. The van der Waals surface area contributed by atoms with E-state index in [1.807, 2.05) is 0 Å². The van der Waals surface area contributed by atoms with Crippen LogP contribution < -0.4 is 16.4 Å². The lowest BCUT2D eigenvalue weighted by molar-refractivity contribution is -0.132. The fourth-order valence-electron chi connectivity index (χ4n) is 1.89. The maximum absolute atomic E-state index is 11.5.